The molecular weight excluding hydrogens is 348 g/mol. The number of rotatable bonds is 6. The molecule has 1 aliphatic rings. The van der Waals surface area contributed by atoms with Crippen molar-refractivity contribution in [2.75, 3.05) is 16.8 Å². The van der Waals surface area contributed by atoms with Crippen LogP contribution in [0.2, 0.25) is 0 Å². The molecule has 4 rings (SSSR count). The number of para-hydroxylation sites is 3. The molecule has 0 aliphatic carbocycles. The van der Waals surface area contributed by atoms with E-state index in [1.165, 1.54) is 11.3 Å². The Morgan fingerprint density at radius 2 is 1.64 bits per heavy atom. The second kappa shape index (κ2) is 8.17. The number of phenolic OH excluding ortho intramolecular Hbond substituents is 1. The zero-order valence-corrected chi connectivity index (χ0v) is 15.8. The van der Waals surface area contributed by atoms with E-state index in [2.05, 4.69) is 40.5 Å². The topological polar surface area (TPSA) is 52.6 Å². The van der Waals surface area contributed by atoms with Gasteiger partial charge >= 0.3 is 0 Å². The molecule has 0 saturated heterocycles. The van der Waals surface area contributed by atoms with E-state index < -0.39 is 0 Å². The van der Waals surface area contributed by atoms with Crippen LogP contribution in [0.3, 0.4) is 0 Å². The summed E-state index contributed by atoms with van der Waals surface area (Å²) in [5, 5.41) is 12.9. The minimum absolute atomic E-state index is 0.0440. The third-order valence-corrected chi connectivity index (χ3v) is 5.25. The summed E-state index contributed by atoms with van der Waals surface area (Å²) in [5.74, 6) is 0.195. The fourth-order valence-electron chi connectivity index (χ4n) is 3.74. The maximum Gasteiger partial charge on any atom is 0.224 e. The zero-order valence-electron chi connectivity index (χ0n) is 15.8. The van der Waals surface area contributed by atoms with Crippen molar-refractivity contribution < 1.29 is 9.90 Å². The van der Waals surface area contributed by atoms with Gasteiger partial charge in [0.25, 0.3) is 0 Å². The minimum Gasteiger partial charge on any atom is -0.508 e. The van der Waals surface area contributed by atoms with E-state index in [-0.39, 0.29) is 11.7 Å². The first-order valence-corrected chi connectivity index (χ1v) is 9.68. The fourth-order valence-corrected chi connectivity index (χ4v) is 3.74. The molecule has 0 unspecified atom stereocenters. The molecule has 0 fully saturated rings. The molecule has 3 aromatic rings. The average molecular weight is 372 g/mol. The Kier molecular flexibility index (Phi) is 5.29. The summed E-state index contributed by atoms with van der Waals surface area (Å²) in [6, 6.07) is 23.6. The van der Waals surface area contributed by atoms with Gasteiger partial charge < -0.3 is 15.3 Å². The van der Waals surface area contributed by atoms with Crippen molar-refractivity contribution in [3.8, 4) is 5.75 Å². The Balaban J connectivity index is 1.42. The van der Waals surface area contributed by atoms with E-state index in [0.29, 0.717) is 12.8 Å². The van der Waals surface area contributed by atoms with Crippen molar-refractivity contribution in [1.82, 2.24) is 0 Å². The number of anilines is 2. The van der Waals surface area contributed by atoms with Crippen molar-refractivity contribution in [2.45, 2.75) is 25.8 Å². The number of benzene rings is 3. The van der Waals surface area contributed by atoms with E-state index in [4.69, 9.17) is 0 Å². The maximum absolute atomic E-state index is 12.5. The first-order chi connectivity index (χ1) is 13.7. The molecule has 142 valence electrons. The molecule has 0 aromatic heterocycles. The molecule has 4 nitrogen and oxygen atoms in total. The summed E-state index contributed by atoms with van der Waals surface area (Å²) in [6.07, 6.45) is 1.91. The maximum atomic E-state index is 12.5. The monoisotopic (exact) mass is 372 g/mol. The SMILES string of the molecule is O=C(CCc1ccccc1O)Nc1ccccc1CN1CCc2ccccc21. The Bertz CT molecular complexity index is 984. The van der Waals surface area contributed by atoms with Gasteiger partial charge in [0, 0.05) is 30.9 Å². The van der Waals surface area contributed by atoms with Crippen LogP contribution < -0.4 is 10.2 Å². The smallest absolute Gasteiger partial charge is 0.224 e. The van der Waals surface area contributed by atoms with Crippen LogP contribution in [0.25, 0.3) is 0 Å². The molecule has 0 atom stereocenters. The normalized spacial score (nSPS) is 12.6. The predicted octanol–water partition coefficient (Wildman–Crippen LogP) is 4.53. The number of hydrogen-bond donors (Lipinski definition) is 2. The molecule has 28 heavy (non-hydrogen) atoms. The minimum atomic E-state index is -0.0440. The summed E-state index contributed by atoms with van der Waals surface area (Å²) in [6.45, 7) is 1.77. The lowest BCUT2D eigenvalue weighted by atomic mass is 10.1. The predicted molar refractivity (Wildman–Crippen MR) is 113 cm³/mol. The van der Waals surface area contributed by atoms with Crippen LogP contribution in [-0.4, -0.2) is 17.6 Å². The van der Waals surface area contributed by atoms with Crippen LogP contribution >= 0.6 is 0 Å². The Morgan fingerprint density at radius 3 is 2.50 bits per heavy atom. The highest BCUT2D eigenvalue weighted by Gasteiger charge is 2.19. The first-order valence-electron chi connectivity index (χ1n) is 9.68. The van der Waals surface area contributed by atoms with Gasteiger partial charge in [0.05, 0.1) is 0 Å². The number of carbonyl (C=O) groups is 1. The highest BCUT2D eigenvalue weighted by atomic mass is 16.3. The van der Waals surface area contributed by atoms with Crippen molar-refractivity contribution >= 4 is 17.3 Å². The standard InChI is InChI=1S/C24H24N2O2/c27-23-12-6-3-8-19(23)13-14-24(28)25-21-10-4-1-9-20(21)17-26-16-15-18-7-2-5-11-22(18)26/h1-12,27H,13-17H2,(H,25,28). The van der Waals surface area contributed by atoms with Crippen LogP contribution in [0.5, 0.6) is 5.75 Å². The first kappa shape index (κ1) is 18.1. The number of phenols is 1. The van der Waals surface area contributed by atoms with Crippen LogP contribution in [0.4, 0.5) is 11.4 Å². The highest BCUT2D eigenvalue weighted by molar-refractivity contribution is 5.91. The second-order valence-electron chi connectivity index (χ2n) is 7.13. The Morgan fingerprint density at radius 1 is 0.929 bits per heavy atom. The van der Waals surface area contributed by atoms with Gasteiger partial charge in [0.15, 0.2) is 0 Å². The Hall–Kier alpha value is -3.27. The van der Waals surface area contributed by atoms with Gasteiger partial charge in [-0.15, -0.1) is 0 Å². The fraction of sp³-hybridized carbons (Fsp3) is 0.208. The molecule has 0 bridgehead atoms. The summed E-state index contributed by atoms with van der Waals surface area (Å²) in [5.41, 5.74) is 5.42. The molecule has 2 N–H and O–H groups in total. The van der Waals surface area contributed by atoms with Gasteiger partial charge in [-0.3, -0.25) is 4.79 Å². The van der Waals surface area contributed by atoms with Crippen molar-refractivity contribution in [3.05, 3.63) is 89.5 Å². The Labute approximate surface area is 165 Å². The number of hydrogen-bond acceptors (Lipinski definition) is 3. The summed E-state index contributed by atoms with van der Waals surface area (Å²) < 4.78 is 0. The van der Waals surface area contributed by atoms with Gasteiger partial charge in [-0.2, -0.15) is 0 Å². The molecule has 0 spiro atoms. The number of nitrogens with one attached hydrogen (secondary N) is 1. The number of aryl methyl sites for hydroxylation is 1. The van der Waals surface area contributed by atoms with Crippen LogP contribution in [0, 0.1) is 0 Å². The van der Waals surface area contributed by atoms with Crippen molar-refractivity contribution in [1.29, 1.82) is 0 Å². The van der Waals surface area contributed by atoms with Gasteiger partial charge in [0.1, 0.15) is 5.75 Å². The molecule has 0 saturated carbocycles. The van der Waals surface area contributed by atoms with Crippen molar-refractivity contribution in [3.63, 3.8) is 0 Å². The summed E-state index contributed by atoms with van der Waals surface area (Å²) in [7, 11) is 0. The van der Waals surface area contributed by atoms with Gasteiger partial charge in [0.2, 0.25) is 5.91 Å². The molecule has 1 aliphatic heterocycles. The van der Waals surface area contributed by atoms with Gasteiger partial charge in [-0.1, -0.05) is 54.6 Å². The quantitative estimate of drug-likeness (QED) is 0.669. The molecule has 1 amide bonds. The van der Waals surface area contributed by atoms with E-state index in [1.54, 1.807) is 12.1 Å². The molecule has 4 heteroatoms. The third kappa shape index (κ3) is 4.01. The lowest BCUT2D eigenvalue weighted by Crippen LogP contribution is -2.21. The van der Waals surface area contributed by atoms with Crippen LogP contribution in [0.1, 0.15) is 23.1 Å². The molecule has 1 heterocycles. The number of carbonyl (C=O) groups excluding carboxylic acids is 1. The van der Waals surface area contributed by atoms with Gasteiger partial charge in [-0.05, 0) is 47.7 Å². The molecular formula is C24H24N2O2. The van der Waals surface area contributed by atoms with Crippen molar-refractivity contribution in [2.24, 2.45) is 0 Å². The third-order valence-electron chi connectivity index (χ3n) is 5.25. The second-order valence-corrected chi connectivity index (χ2v) is 7.13. The molecule has 0 radical (unpaired) electrons. The van der Waals surface area contributed by atoms with E-state index in [0.717, 1.165) is 36.3 Å². The van der Waals surface area contributed by atoms with E-state index >= 15 is 0 Å². The zero-order chi connectivity index (χ0) is 19.3. The number of aromatic hydroxyl groups is 1. The average Bonchev–Trinajstić information content (AvgIpc) is 3.12. The lowest BCUT2D eigenvalue weighted by molar-refractivity contribution is -0.116. The van der Waals surface area contributed by atoms with E-state index in [1.807, 2.05) is 30.3 Å². The van der Waals surface area contributed by atoms with Gasteiger partial charge in [-0.25, -0.2) is 0 Å². The van der Waals surface area contributed by atoms with E-state index in [9.17, 15) is 9.90 Å². The lowest BCUT2D eigenvalue weighted by Gasteiger charge is -2.21. The number of nitrogens with zero attached hydrogens (tertiary/aromatic N) is 1. The number of fused-ring (bicyclic) bond motifs is 1. The summed E-state index contributed by atoms with van der Waals surface area (Å²) in [4.78, 5) is 14.8. The van der Waals surface area contributed by atoms with Crippen LogP contribution in [-0.2, 0) is 24.2 Å². The molecule has 3 aromatic carbocycles. The largest absolute Gasteiger partial charge is 0.508 e. The van der Waals surface area contributed by atoms with Crippen LogP contribution in [0.15, 0.2) is 72.8 Å². The number of amides is 1. The highest BCUT2D eigenvalue weighted by Crippen LogP contribution is 2.30. The summed E-state index contributed by atoms with van der Waals surface area (Å²) >= 11 is 0.